The summed E-state index contributed by atoms with van der Waals surface area (Å²) in [5.74, 6) is 0.280. The van der Waals surface area contributed by atoms with E-state index in [0.717, 1.165) is 39.1 Å². The predicted molar refractivity (Wildman–Crippen MR) is 45.9 cm³/mol. The zero-order valence-electron chi connectivity index (χ0n) is 7.64. The van der Waals surface area contributed by atoms with E-state index in [-0.39, 0.29) is 5.79 Å². The first-order valence-electron chi connectivity index (χ1n) is 4.79. The van der Waals surface area contributed by atoms with Crippen molar-refractivity contribution in [3.8, 4) is 0 Å². The summed E-state index contributed by atoms with van der Waals surface area (Å²) in [6.07, 6.45) is 2.21. The second-order valence-corrected chi connectivity index (χ2v) is 3.92. The lowest BCUT2D eigenvalue weighted by Gasteiger charge is -2.42. The lowest BCUT2D eigenvalue weighted by molar-refractivity contribution is -0.285. The molecular weight excluding hydrogens is 154 g/mol. The minimum Gasteiger partial charge on any atom is -0.348 e. The molecule has 0 atom stereocenters. The standard InChI is InChI=1S/C9H17NO2/c1-8-5-11-9(12-6-8)3-2-4-10-7-9/h8,10H,2-7H2,1H3. The number of hydrogen-bond acceptors (Lipinski definition) is 3. The number of ether oxygens (including phenoxy) is 2. The van der Waals surface area contributed by atoms with Crippen molar-refractivity contribution < 1.29 is 9.47 Å². The van der Waals surface area contributed by atoms with E-state index in [2.05, 4.69) is 12.2 Å². The Labute approximate surface area is 73.4 Å². The van der Waals surface area contributed by atoms with Gasteiger partial charge in [-0.15, -0.1) is 0 Å². The van der Waals surface area contributed by atoms with Gasteiger partial charge in [-0.25, -0.2) is 0 Å². The summed E-state index contributed by atoms with van der Waals surface area (Å²) < 4.78 is 11.5. The largest absolute Gasteiger partial charge is 0.348 e. The van der Waals surface area contributed by atoms with E-state index >= 15 is 0 Å². The topological polar surface area (TPSA) is 30.5 Å². The molecule has 2 heterocycles. The van der Waals surface area contributed by atoms with Gasteiger partial charge in [-0.05, 0) is 13.0 Å². The summed E-state index contributed by atoms with van der Waals surface area (Å²) >= 11 is 0. The van der Waals surface area contributed by atoms with Crippen LogP contribution in [0.2, 0.25) is 0 Å². The monoisotopic (exact) mass is 171 g/mol. The zero-order chi connectivity index (χ0) is 8.44. The number of hydrogen-bond donors (Lipinski definition) is 1. The molecule has 2 aliphatic rings. The van der Waals surface area contributed by atoms with Crippen LogP contribution in [0, 0.1) is 5.92 Å². The van der Waals surface area contributed by atoms with Gasteiger partial charge in [-0.3, -0.25) is 0 Å². The molecule has 0 aliphatic carbocycles. The molecule has 1 spiro atoms. The molecule has 2 aliphatic heterocycles. The first-order valence-corrected chi connectivity index (χ1v) is 4.79. The third kappa shape index (κ3) is 1.63. The molecule has 0 aromatic heterocycles. The molecule has 0 saturated carbocycles. The molecule has 2 rings (SSSR count). The van der Waals surface area contributed by atoms with Gasteiger partial charge in [0.2, 0.25) is 0 Å². The van der Waals surface area contributed by atoms with E-state index in [1.165, 1.54) is 0 Å². The van der Waals surface area contributed by atoms with E-state index in [0.29, 0.717) is 5.92 Å². The highest BCUT2D eigenvalue weighted by molar-refractivity contribution is 4.81. The molecule has 0 aromatic carbocycles. The molecule has 0 unspecified atom stereocenters. The zero-order valence-corrected chi connectivity index (χ0v) is 7.64. The highest BCUT2D eigenvalue weighted by atomic mass is 16.7. The van der Waals surface area contributed by atoms with Gasteiger partial charge in [0, 0.05) is 18.9 Å². The van der Waals surface area contributed by atoms with Crippen LogP contribution in [0.1, 0.15) is 19.8 Å². The second-order valence-electron chi connectivity index (χ2n) is 3.92. The average molecular weight is 171 g/mol. The first-order chi connectivity index (χ1) is 5.81. The first kappa shape index (κ1) is 8.48. The molecule has 70 valence electrons. The fourth-order valence-corrected chi connectivity index (χ4v) is 1.77. The maximum absolute atomic E-state index is 5.73. The number of rotatable bonds is 0. The smallest absolute Gasteiger partial charge is 0.180 e. The van der Waals surface area contributed by atoms with E-state index in [4.69, 9.17) is 9.47 Å². The highest BCUT2D eigenvalue weighted by Crippen LogP contribution is 2.27. The van der Waals surface area contributed by atoms with Crippen molar-refractivity contribution in [1.29, 1.82) is 0 Å². The molecule has 0 radical (unpaired) electrons. The fourth-order valence-electron chi connectivity index (χ4n) is 1.77. The van der Waals surface area contributed by atoms with E-state index in [1.54, 1.807) is 0 Å². The van der Waals surface area contributed by atoms with Crippen molar-refractivity contribution in [2.75, 3.05) is 26.3 Å². The Kier molecular flexibility index (Phi) is 2.35. The third-order valence-corrected chi connectivity index (χ3v) is 2.57. The predicted octanol–water partition coefficient (Wildman–Crippen LogP) is 0.749. The van der Waals surface area contributed by atoms with Gasteiger partial charge in [0.05, 0.1) is 13.2 Å². The summed E-state index contributed by atoms with van der Waals surface area (Å²) in [5.41, 5.74) is 0. The van der Waals surface area contributed by atoms with Gasteiger partial charge < -0.3 is 14.8 Å². The molecule has 2 saturated heterocycles. The van der Waals surface area contributed by atoms with Crippen LogP contribution < -0.4 is 5.32 Å². The van der Waals surface area contributed by atoms with Gasteiger partial charge in [-0.2, -0.15) is 0 Å². The van der Waals surface area contributed by atoms with Gasteiger partial charge in [0.1, 0.15) is 0 Å². The maximum atomic E-state index is 5.73. The van der Waals surface area contributed by atoms with Crippen LogP contribution >= 0.6 is 0 Å². The van der Waals surface area contributed by atoms with Crippen molar-refractivity contribution >= 4 is 0 Å². The Morgan fingerprint density at radius 3 is 2.67 bits per heavy atom. The maximum Gasteiger partial charge on any atom is 0.180 e. The third-order valence-electron chi connectivity index (χ3n) is 2.57. The summed E-state index contributed by atoms with van der Waals surface area (Å²) in [4.78, 5) is 0. The minimum atomic E-state index is -0.273. The summed E-state index contributed by atoms with van der Waals surface area (Å²) in [5, 5.41) is 3.31. The summed E-state index contributed by atoms with van der Waals surface area (Å²) in [6, 6.07) is 0. The Morgan fingerprint density at radius 2 is 2.08 bits per heavy atom. The normalized spacial score (nSPS) is 43.2. The van der Waals surface area contributed by atoms with E-state index < -0.39 is 0 Å². The van der Waals surface area contributed by atoms with Gasteiger partial charge in [0.15, 0.2) is 5.79 Å². The summed E-state index contributed by atoms with van der Waals surface area (Å²) in [6.45, 7) is 5.82. The molecule has 0 amide bonds. The molecule has 3 heteroatoms. The van der Waals surface area contributed by atoms with Crippen molar-refractivity contribution in [2.24, 2.45) is 5.92 Å². The van der Waals surface area contributed by atoms with Gasteiger partial charge >= 0.3 is 0 Å². The quantitative estimate of drug-likeness (QED) is 0.583. The van der Waals surface area contributed by atoms with Crippen LogP contribution in [0.5, 0.6) is 0 Å². The molecule has 1 N–H and O–H groups in total. The SMILES string of the molecule is CC1COC2(CCCNC2)OC1. The van der Waals surface area contributed by atoms with Crippen molar-refractivity contribution in [1.82, 2.24) is 5.32 Å². The van der Waals surface area contributed by atoms with Crippen LogP contribution in [-0.4, -0.2) is 32.1 Å². The van der Waals surface area contributed by atoms with E-state index in [1.807, 2.05) is 0 Å². The Balaban J connectivity index is 1.92. The highest BCUT2D eigenvalue weighted by Gasteiger charge is 2.37. The molecule has 0 aromatic rings. The van der Waals surface area contributed by atoms with Gasteiger partial charge in [0.25, 0.3) is 0 Å². The van der Waals surface area contributed by atoms with Crippen LogP contribution in [0.3, 0.4) is 0 Å². The Bertz CT molecular complexity index is 145. The molecule has 0 bridgehead atoms. The van der Waals surface area contributed by atoms with Crippen molar-refractivity contribution in [3.63, 3.8) is 0 Å². The summed E-state index contributed by atoms with van der Waals surface area (Å²) in [7, 11) is 0. The molecule has 12 heavy (non-hydrogen) atoms. The average Bonchev–Trinajstić information content (AvgIpc) is 2.13. The number of nitrogens with one attached hydrogen (secondary N) is 1. The van der Waals surface area contributed by atoms with E-state index in [9.17, 15) is 0 Å². The van der Waals surface area contributed by atoms with Crippen LogP contribution in [0.15, 0.2) is 0 Å². The molecular formula is C9H17NO2. The Hall–Kier alpha value is -0.120. The van der Waals surface area contributed by atoms with Gasteiger partial charge in [-0.1, -0.05) is 6.92 Å². The lowest BCUT2D eigenvalue weighted by Crippen LogP contribution is -2.53. The minimum absolute atomic E-state index is 0.273. The van der Waals surface area contributed by atoms with Crippen LogP contribution in [0.4, 0.5) is 0 Å². The van der Waals surface area contributed by atoms with Crippen LogP contribution in [-0.2, 0) is 9.47 Å². The fraction of sp³-hybridized carbons (Fsp3) is 1.00. The molecule has 3 nitrogen and oxygen atoms in total. The molecule has 2 fully saturated rings. The number of piperidine rings is 1. The van der Waals surface area contributed by atoms with Crippen molar-refractivity contribution in [2.45, 2.75) is 25.6 Å². The van der Waals surface area contributed by atoms with Crippen molar-refractivity contribution in [3.05, 3.63) is 0 Å². The van der Waals surface area contributed by atoms with Crippen LogP contribution in [0.25, 0.3) is 0 Å². The lowest BCUT2D eigenvalue weighted by atomic mass is 10.0. The second kappa shape index (κ2) is 3.32. The Morgan fingerprint density at radius 1 is 1.33 bits per heavy atom.